The van der Waals surface area contributed by atoms with Crippen molar-refractivity contribution in [1.29, 1.82) is 0 Å². The van der Waals surface area contributed by atoms with Gasteiger partial charge in [-0.3, -0.25) is 4.79 Å². The number of aromatic nitrogens is 2. The first-order chi connectivity index (χ1) is 13.4. The van der Waals surface area contributed by atoms with E-state index in [-0.39, 0.29) is 17.7 Å². The number of esters is 1. The predicted octanol–water partition coefficient (Wildman–Crippen LogP) is 2.00. The molecule has 0 saturated heterocycles. The average Bonchev–Trinajstić information content (AvgIpc) is 2.96. The zero-order valence-electron chi connectivity index (χ0n) is 16.4. The molecule has 0 fully saturated rings. The van der Waals surface area contributed by atoms with Gasteiger partial charge in [-0.15, -0.1) is 0 Å². The molecule has 0 aliphatic carbocycles. The van der Waals surface area contributed by atoms with Crippen LogP contribution >= 0.6 is 0 Å². The Morgan fingerprint density at radius 1 is 1.21 bits per heavy atom. The monoisotopic (exact) mass is 389 g/mol. The number of aromatic amines is 1. The third-order valence-corrected chi connectivity index (χ3v) is 4.50. The van der Waals surface area contributed by atoms with Crippen molar-refractivity contribution >= 4 is 11.9 Å². The Morgan fingerprint density at radius 2 is 1.89 bits per heavy atom. The number of rotatable bonds is 9. The van der Waals surface area contributed by atoms with E-state index in [0.29, 0.717) is 37.1 Å². The third kappa shape index (κ3) is 5.03. The summed E-state index contributed by atoms with van der Waals surface area (Å²) in [5.74, 6) is -1.20. The van der Waals surface area contributed by atoms with Gasteiger partial charge < -0.3 is 20.1 Å². The molecule has 1 heterocycles. The van der Waals surface area contributed by atoms with Gasteiger partial charge in [0.2, 0.25) is 5.88 Å². The minimum atomic E-state index is -0.896. The molecule has 1 atom stereocenters. The van der Waals surface area contributed by atoms with Crippen molar-refractivity contribution in [3.8, 4) is 5.88 Å². The zero-order valence-corrected chi connectivity index (χ0v) is 16.4. The van der Waals surface area contributed by atoms with Gasteiger partial charge >= 0.3 is 11.7 Å². The van der Waals surface area contributed by atoms with Crippen molar-refractivity contribution in [3.63, 3.8) is 0 Å². The van der Waals surface area contributed by atoms with Crippen molar-refractivity contribution in [2.75, 3.05) is 13.7 Å². The van der Waals surface area contributed by atoms with Crippen LogP contribution in [0.25, 0.3) is 0 Å². The van der Waals surface area contributed by atoms with Crippen LogP contribution in [0.3, 0.4) is 0 Å². The van der Waals surface area contributed by atoms with Crippen LogP contribution in [0.4, 0.5) is 0 Å². The number of amides is 1. The fourth-order valence-corrected chi connectivity index (χ4v) is 3.04. The van der Waals surface area contributed by atoms with Gasteiger partial charge in [0.05, 0.1) is 12.8 Å². The van der Waals surface area contributed by atoms with Gasteiger partial charge in [0, 0.05) is 12.1 Å². The number of unbranched alkanes of at least 4 members (excludes halogenated alkanes) is 1. The second kappa shape index (κ2) is 9.77. The van der Waals surface area contributed by atoms with Crippen molar-refractivity contribution in [2.45, 2.75) is 39.2 Å². The number of carbonyl (C=O) groups is 2. The molecule has 0 radical (unpaired) electrons. The highest BCUT2D eigenvalue weighted by molar-refractivity contribution is 5.94. The lowest BCUT2D eigenvalue weighted by Crippen LogP contribution is -2.32. The molecule has 2 rings (SSSR count). The molecule has 1 aromatic carbocycles. The van der Waals surface area contributed by atoms with E-state index in [4.69, 9.17) is 4.74 Å². The van der Waals surface area contributed by atoms with Crippen molar-refractivity contribution in [1.82, 2.24) is 14.9 Å². The van der Waals surface area contributed by atoms with Crippen molar-refractivity contribution in [3.05, 3.63) is 52.1 Å². The van der Waals surface area contributed by atoms with Crippen LogP contribution in [0.15, 0.2) is 35.1 Å². The molecular weight excluding hydrogens is 362 g/mol. The maximum Gasteiger partial charge on any atom is 0.329 e. The quantitative estimate of drug-likeness (QED) is 0.448. The van der Waals surface area contributed by atoms with Crippen LogP contribution in [0, 0.1) is 5.92 Å². The highest BCUT2D eigenvalue weighted by Gasteiger charge is 2.30. The molecular formula is C20H27N3O5. The highest BCUT2D eigenvalue weighted by Crippen LogP contribution is 2.25. The van der Waals surface area contributed by atoms with Gasteiger partial charge in [-0.2, -0.15) is 0 Å². The molecule has 8 nitrogen and oxygen atoms in total. The number of carbonyl (C=O) groups excluding carboxylic acids is 2. The molecule has 0 spiro atoms. The molecule has 8 heteroatoms. The van der Waals surface area contributed by atoms with Gasteiger partial charge in [-0.05, 0) is 37.3 Å². The average molecular weight is 389 g/mol. The van der Waals surface area contributed by atoms with Crippen LogP contribution in [-0.4, -0.2) is 40.2 Å². The maximum absolute atomic E-state index is 12.2. The number of nitrogens with zero attached hydrogens (tertiary/aromatic N) is 1. The normalized spacial score (nSPS) is 12.0. The minimum Gasteiger partial charge on any atom is -0.493 e. The standard InChI is InChI=1S/C20H27N3O5/c1-13(2)16(19(26)28-3)23-18(25)15(22-20(23)27)11-7-8-12-21-17(24)14-9-5-4-6-10-14/h4-6,9-10,13,16,25H,7-8,11-12H2,1-3H3,(H,21,24)(H,22,27)/t16-/m1/s1. The molecule has 0 aliphatic heterocycles. The first-order valence-electron chi connectivity index (χ1n) is 9.30. The lowest BCUT2D eigenvalue weighted by atomic mass is 10.0. The molecule has 3 N–H and O–H groups in total. The lowest BCUT2D eigenvalue weighted by Gasteiger charge is -2.19. The van der Waals surface area contributed by atoms with E-state index in [2.05, 4.69) is 10.3 Å². The first kappa shape index (κ1) is 21.3. The van der Waals surface area contributed by atoms with Crippen LogP contribution in [0.1, 0.15) is 48.8 Å². The molecule has 0 bridgehead atoms. The third-order valence-electron chi connectivity index (χ3n) is 4.50. The summed E-state index contributed by atoms with van der Waals surface area (Å²) in [6, 6.07) is 8.04. The van der Waals surface area contributed by atoms with Crippen LogP contribution in [-0.2, 0) is 16.0 Å². The maximum atomic E-state index is 12.2. The zero-order chi connectivity index (χ0) is 20.7. The van der Waals surface area contributed by atoms with Crippen LogP contribution < -0.4 is 11.0 Å². The van der Waals surface area contributed by atoms with Gasteiger partial charge in [-0.25, -0.2) is 14.2 Å². The van der Waals surface area contributed by atoms with E-state index in [9.17, 15) is 19.5 Å². The largest absolute Gasteiger partial charge is 0.493 e. The Hall–Kier alpha value is -3.03. The number of nitrogens with one attached hydrogen (secondary N) is 2. The number of ether oxygens (including phenoxy) is 1. The van der Waals surface area contributed by atoms with E-state index in [1.165, 1.54) is 7.11 Å². The van der Waals surface area contributed by atoms with E-state index in [1.807, 2.05) is 6.07 Å². The predicted molar refractivity (Wildman–Crippen MR) is 104 cm³/mol. The number of aryl methyl sites for hydroxylation is 1. The van der Waals surface area contributed by atoms with Gasteiger partial charge in [0.1, 0.15) is 6.04 Å². The Bertz CT molecular complexity index is 854. The summed E-state index contributed by atoms with van der Waals surface area (Å²) in [6.45, 7) is 4.03. The minimum absolute atomic E-state index is 0.138. The van der Waals surface area contributed by atoms with Crippen molar-refractivity contribution < 1.29 is 19.4 Å². The smallest absolute Gasteiger partial charge is 0.329 e. The summed E-state index contributed by atoms with van der Waals surface area (Å²) in [7, 11) is 1.25. The second-order valence-electron chi connectivity index (χ2n) is 6.89. The molecule has 1 amide bonds. The molecule has 0 saturated carbocycles. The second-order valence-corrected chi connectivity index (χ2v) is 6.89. The molecule has 0 unspecified atom stereocenters. The number of hydrogen-bond donors (Lipinski definition) is 3. The summed E-state index contributed by atoms with van der Waals surface area (Å²) >= 11 is 0. The fraction of sp³-hybridized carbons (Fsp3) is 0.450. The number of hydrogen-bond acceptors (Lipinski definition) is 5. The lowest BCUT2D eigenvalue weighted by molar-refractivity contribution is -0.146. The molecule has 152 valence electrons. The van der Waals surface area contributed by atoms with Gasteiger partial charge in [0.25, 0.3) is 5.91 Å². The van der Waals surface area contributed by atoms with Gasteiger partial charge in [0.15, 0.2) is 0 Å². The van der Waals surface area contributed by atoms with E-state index in [1.54, 1.807) is 38.1 Å². The molecule has 2 aromatic rings. The Balaban J connectivity index is 1.92. The summed E-state index contributed by atoms with van der Waals surface area (Å²) in [5.41, 5.74) is 0.423. The number of H-pyrrole nitrogens is 1. The molecule has 0 aliphatic rings. The Kier molecular flexibility index (Phi) is 7.43. The number of aromatic hydroxyl groups is 1. The van der Waals surface area contributed by atoms with Gasteiger partial charge in [-0.1, -0.05) is 32.0 Å². The number of benzene rings is 1. The SMILES string of the molecule is COC(=O)[C@@H](C(C)C)n1c(O)c(CCCCNC(=O)c2ccccc2)[nH]c1=O. The number of imidazole rings is 1. The van der Waals surface area contributed by atoms with Crippen molar-refractivity contribution in [2.24, 2.45) is 5.92 Å². The first-order valence-corrected chi connectivity index (χ1v) is 9.30. The van der Waals surface area contributed by atoms with Crippen LogP contribution in [0.5, 0.6) is 5.88 Å². The molecule has 28 heavy (non-hydrogen) atoms. The number of methoxy groups -OCH3 is 1. The van der Waals surface area contributed by atoms with E-state index < -0.39 is 17.7 Å². The summed E-state index contributed by atoms with van der Waals surface area (Å²) in [4.78, 5) is 38.8. The Labute approximate surface area is 163 Å². The fourth-order valence-electron chi connectivity index (χ4n) is 3.04. The van der Waals surface area contributed by atoms with E-state index >= 15 is 0 Å². The Morgan fingerprint density at radius 3 is 2.50 bits per heavy atom. The molecule has 1 aromatic heterocycles. The van der Waals surface area contributed by atoms with E-state index in [0.717, 1.165) is 4.57 Å². The summed E-state index contributed by atoms with van der Waals surface area (Å²) in [5, 5.41) is 13.3. The highest BCUT2D eigenvalue weighted by atomic mass is 16.5. The topological polar surface area (TPSA) is 113 Å². The summed E-state index contributed by atoms with van der Waals surface area (Å²) in [6.07, 6.45) is 1.74. The summed E-state index contributed by atoms with van der Waals surface area (Å²) < 4.78 is 5.80. The van der Waals surface area contributed by atoms with Crippen LogP contribution in [0.2, 0.25) is 0 Å².